The zero-order chi connectivity index (χ0) is 26.7. The van der Waals surface area contributed by atoms with Gasteiger partial charge in [0.25, 0.3) is 10.1 Å². The van der Waals surface area contributed by atoms with Crippen LogP contribution in [0, 0.1) is 11.3 Å². The first-order chi connectivity index (χ1) is 18.3. The first kappa shape index (κ1) is 25.5. The molecule has 2 heterocycles. The van der Waals surface area contributed by atoms with Gasteiger partial charge in [-0.05, 0) is 61.0 Å². The molecule has 1 fully saturated rings. The Kier molecular flexibility index (Phi) is 7.15. The second-order valence-corrected chi connectivity index (χ2v) is 10.9. The topological polar surface area (TPSA) is 123 Å². The number of aromatic nitrogens is 2. The Balaban J connectivity index is 1.32. The normalized spacial score (nSPS) is 14.1. The van der Waals surface area contributed by atoms with E-state index in [1.54, 1.807) is 11.6 Å². The average Bonchev–Trinajstić information content (AvgIpc) is 3.24. The molecule has 0 bridgehead atoms. The summed E-state index contributed by atoms with van der Waals surface area (Å²) in [7, 11) is -3.45. The first-order valence-electron chi connectivity index (χ1n) is 12.2. The highest BCUT2D eigenvalue weighted by molar-refractivity contribution is 7.86. The number of nitrogens with two attached hydrogens (primary N) is 1. The highest BCUT2D eigenvalue weighted by atomic mass is 32.2. The van der Waals surface area contributed by atoms with Gasteiger partial charge in [-0.25, -0.2) is 4.68 Å². The number of hydrogen-bond donors (Lipinski definition) is 1. The van der Waals surface area contributed by atoms with E-state index in [9.17, 15) is 13.7 Å². The van der Waals surface area contributed by atoms with Gasteiger partial charge in [-0.2, -0.15) is 18.8 Å². The Morgan fingerprint density at radius 2 is 1.74 bits per heavy atom. The van der Waals surface area contributed by atoms with E-state index < -0.39 is 10.1 Å². The minimum atomic E-state index is -3.45. The number of anilines is 1. The van der Waals surface area contributed by atoms with Crippen molar-refractivity contribution in [3.05, 3.63) is 90.0 Å². The SMILES string of the molecule is CCS(=O)(=O)OC1CN(Cc2cccc(-n3nc(-c4ccc(Oc5ccccc5)cc4)c(C#N)c3N)c2)C1. The van der Waals surface area contributed by atoms with E-state index in [0.29, 0.717) is 36.6 Å². The van der Waals surface area contributed by atoms with Gasteiger partial charge >= 0.3 is 0 Å². The third kappa shape index (κ3) is 5.55. The number of nitriles is 1. The van der Waals surface area contributed by atoms with Gasteiger partial charge in [0.2, 0.25) is 0 Å². The second-order valence-electron chi connectivity index (χ2n) is 9.00. The second kappa shape index (κ2) is 10.7. The van der Waals surface area contributed by atoms with Crippen LogP contribution in [0.3, 0.4) is 0 Å². The van der Waals surface area contributed by atoms with Gasteiger partial charge in [0.1, 0.15) is 40.7 Å². The molecule has 0 atom stereocenters. The molecule has 9 nitrogen and oxygen atoms in total. The number of para-hydroxylation sites is 1. The number of ether oxygens (including phenoxy) is 1. The molecular weight excluding hydrogens is 502 g/mol. The van der Waals surface area contributed by atoms with Crippen molar-refractivity contribution >= 4 is 15.9 Å². The standard InChI is InChI=1S/C28H27N5O4S/c1-2-38(34,35)37-25-18-32(19-25)17-20-7-6-8-22(15-20)33-28(30)26(16-29)27(31-33)21-11-13-24(14-12-21)36-23-9-4-3-5-10-23/h3-15,25H,2,17-19,30H2,1H3. The summed E-state index contributed by atoms with van der Waals surface area (Å²) < 4.78 is 35.9. The lowest BCUT2D eigenvalue weighted by Gasteiger charge is -2.38. The van der Waals surface area contributed by atoms with Crippen LogP contribution in [0.1, 0.15) is 18.1 Å². The summed E-state index contributed by atoms with van der Waals surface area (Å²) in [6, 6.07) is 26.8. The van der Waals surface area contributed by atoms with Crippen molar-refractivity contribution < 1.29 is 17.3 Å². The molecule has 3 aromatic carbocycles. The smallest absolute Gasteiger partial charge is 0.267 e. The molecule has 5 rings (SSSR count). The van der Waals surface area contributed by atoms with Gasteiger partial charge in [-0.15, -0.1) is 0 Å². The summed E-state index contributed by atoms with van der Waals surface area (Å²) in [5, 5.41) is 14.5. The number of hydrogen-bond acceptors (Lipinski definition) is 8. The minimum absolute atomic E-state index is 0.0326. The molecule has 0 aliphatic carbocycles. The third-order valence-corrected chi connectivity index (χ3v) is 7.53. The zero-order valence-electron chi connectivity index (χ0n) is 20.8. The van der Waals surface area contributed by atoms with E-state index in [1.165, 1.54) is 0 Å². The Morgan fingerprint density at radius 1 is 1.03 bits per heavy atom. The lowest BCUT2D eigenvalue weighted by molar-refractivity contribution is 0.0190. The molecule has 10 heteroatoms. The number of nitrogens with zero attached hydrogens (tertiary/aromatic N) is 4. The van der Waals surface area contributed by atoms with Crippen LogP contribution < -0.4 is 10.5 Å². The molecule has 0 saturated carbocycles. The monoisotopic (exact) mass is 529 g/mol. The Bertz CT molecular complexity index is 1570. The van der Waals surface area contributed by atoms with Crippen LogP contribution in [0.5, 0.6) is 11.5 Å². The van der Waals surface area contributed by atoms with Crippen LogP contribution in [0.25, 0.3) is 16.9 Å². The van der Waals surface area contributed by atoms with E-state index in [2.05, 4.69) is 16.1 Å². The molecule has 0 radical (unpaired) electrons. The molecule has 0 amide bonds. The van der Waals surface area contributed by atoms with Gasteiger partial charge in [0.15, 0.2) is 0 Å². The van der Waals surface area contributed by atoms with Crippen LogP contribution >= 0.6 is 0 Å². The molecule has 1 saturated heterocycles. The van der Waals surface area contributed by atoms with E-state index in [1.807, 2.05) is 78.9 Å². The zero-order valence-corrected chi connectivity index (χ0v) is 21.6. The van der Waals surface area contributed by atoms with E-state index >= 15 is 0 Å². The predicted octanol–water partition coefficient (Wildman–Crippen LogP) is 4.34. The molecule has 194 valence electrons. The lowest BCUT2D eigenvalue weighted by atomic mass is 10.1. The highest BCUT2D eigenvalue weighted by Gasteiger charge is 2.31. The van der Waals surface area contributed by atoms with Crippen molar-refractivity contribution in [3.63, 3.8) is 0 Å². The summed E-state index contributed by atoms with van der Waals surface area (Å²) in [5.41, 5.74) is 9.64. The fraction of sp³-hybridized carbons (Fsp3) is 0.214. The van der Waals surface area contributed by atoms with E-state index in [-0.39, 0.29) is 17.7 Å². The summed E-state index contributed by atoms with van der Waals surface area (Å²) in [4.78, 5) is 2.10. The maximum atomic E-state index is 11.7. The van der Waals surface area contributed by atoms with Gasteiger partial charge in [-0.3, -0.25) is 9.08 Å². The number of rotatable bonds is 9. The number of likely N-dealkylation sites (tertiary alicyclic amines) is 1. The van der Waals surface area contributed by atoms with Crippen LogP contribution in [0.2, 0.25) is 0 Å². The van der Waals surface area contributed by atoms with Gasteiger partial charge in [-0.1, -0.05) is 30.3 Å². The Labute approximate surface area is 221 Å². The Morgan fingerprint density at radius 3 is 2.42 bits per heavy atom. The third-order valence-electron chi connectivity index (χ3n) is 6.26. The van der Waals surface area contributed by atoms with E-state index in [4.69, 9.17) is 14.7 Å². The fourth-order valence-corrected chi connectivity index (χ4v) is 4.95. The van der Waals surface area contributed by atoms with Crippen molar-refractivity contribution in [1.29, 1.82) is 5.26 Å². The van der Waals surface area contributed by atoms with Crippen LogP contribution in [-0.4, -0.2) is 48.0 Å². The largest absolute Gasteiger partial charge is 0.457 e. The molecule has 0 unspecified atom stereocenters. The van der Waals surface area contributed by atoms with E-state index in [0.717, 1.165) is 22.6 Å². The molecule has 1 aromatic heterocycles. The minimum Gasteiger partial charge on any atom is -0.457 e. The van der Waals surface area contributed by atoms with Gasteiger partial charge < -0.3 is 10.5 Å². The first-order valence-corrected chi connectivity index (χ1v) is 13.8. The molecule has 1 aliphatic rings. The maximum Gasteiger partial charge on any atom is 0.267 e. The molecule has 2 N–H and O–H groups in total. The van der Waals surface area contributed by atoms with Crippen molar-refractivity contribution in [1.82, 2.24) is 14.7 Å². The van der Waals surface area contributed by atoms with Crippen molar-refractivity contribution in [2.45, 2.75) is 19.6 Å². The summed E-state index contributed by atoms with van der Waals surface area (Å²) in [6.45, 7) is 3.28. The Hall–Kier alpha value is -4.17. The summed E-state index contributed by atoms with van der Waals surface area (Å²) >= 11 is 0. The highest BCUT2D eigenvalue weighted by Crippen LogP contribution is 2.31. The maximum absolute atomic E-state index is 11.7. The summed E-state index contributed by atoms with van der Waals surface area (Å²) in [5.74, 6) is 1.63. The van der Waals surface area contributed by atoms with Gasteiger partial charge in [0.05, 0.1) is 11.4 Å². The lowest BCUT2D eigenvalue weighted by Crippen LogP contribution is -2.52. The quantitative estimate of drug-likeness (QED) is 0.318. The van der Waals surface area contributed by atoms with Crippen molar-refractivity contribution in [2.75, 3.05) is 24.6 Å². The summed E-state index contributed by atoms with van der Waals surface area (Å²) in [6.07, 6.45) is -0.310. The number of benzene rings is 3. The molecule has 38 heavy (non-hydrogen) atoms. The molecule has 1 aliphatic heterocycles. The van der Waals surface area contributed by atoms with Crippen molar-refractivity contribution in [3.8, 4) is 34.5 Å². The fourth-order valence-electron chi connectivity index (χ4n) is 4.28. The molecular formula is C28H27N5O4S. The van der Waals surface area contributed by atoms with Gasteiger partial charge in [0, 0.05) is 25.2 Å². The van der Waals surface area contributed by atoms with Crippen LogP contribution in [-0.2, 0) is 20.8 Å². The predicted molar refractivity (Wildman–Crippen MR) is 144 cm³/mol. The molecule has 0 spiro atoms. The van der Waals surface area contributed by atoms with Crippen LogP contribution in [0.15, 0.2) is 78.9 Å². The molecule has 4 aromatic rings. The average molecular weight is 530 g/mol. The van der Waals surface area contributed by atoms with Crippen LogP contribution in [0.4, 0.5) is 5.82 Å². The number of nitrogen functional groups attached to an aromatic ring is 1. The van der Waals surface area contributed by atoms with Crippen molar-refractivity contribution in [2.24, 2.45) is 0 Å².